The molecule has 0 saturated heterocycles. The van der Waals surface area contributed by atoms with Gasteiger partial charge in [-0.05, 0) is 18.6 Å². The molecule has 4 heteroatoms. The number of carbonyl (C=O) groups excluding carboxylic acids is 1. The zero-order chi connectivity index (χ0) is 12.1. The third-order valence-electron chi connectivity index (χ3n) is 1.89. The number of aliphatic carboxylic acids is 1. The molecule has 1 aromatic rings. The van der Waals surface area contributed by atoms with Gasteiger partial charge in [-0.15, -0.1) is 0 Å². The molecule has 0 atom stereocenters. The first-order valence-corrected chi connectivity index (χ1v) is 4.78. The second-order valence-electron chi connectivity index (χ2n) is 3.46. The Hall–Kier alpha value is -2.10. The summed E-state index contributed by atoms with van der Waals surface area (Å²) in [6, 6.07) is 7.35. The van der Waals surface area contributed by atoms with Crippen LogP contribution >= 0.6 is 0 Å². The van der Waals surface area contributed by atoms with Gasteiger partial charge in [-0.3, -0.25) is 4.79 Å². The molecule has 4 nitrogen and oxygen atoms in total. The highest BCUT2D eigenvalue weighted by Crippen LogP contribution is 2.08. The van der Waals surface area contributed by atoms with Crippen molar-refractivity contribution in [3.05, 3.63) is 41.1 Å². The molecule has 0 radical (unpaired) electrons. The van der Waals surface area contributed by atoms with Crippen LogP contribution in [0.5, 0.6) is 0 Å². The largest absolute Gasteiger partial charge is 0.477 e. The first-order chi connectivity index (χ1) is 7.49. The number of hydrogen-bond acceptors (Lipinski definition) is 2. The van der Waals surface area contributed by atoms with Crippen LogP contribution in [0, 0.1) is 6.92 Å². The minimum Gasteiger partial charge on any atom is -0.477 e. The van der Waals surface area contributed by atoms with Gasteiger partial charge in [-0.1, -0.05) is 29.8 Å². The zero-order valence-electron chi connectivity index (χ0n) is 9.15. The highest BCUT2D eigenvalue weighted by molar-refractivity contribution is 5.96. The third kappa shape index (κ3) is 3.57. The molecule has 1 rings (SSSR count). The Labute approximate surface area is 93.6 Å². The fourth-order valence-electron chi connectivity index (χ4n) is 1.27. The van der Waals surface area contributed by atoms with E-state index in [2.05, 4.69) is 5.32 Å². The number of rotatable bonds is 3. The van der Waals surface area contributed by atoms with Gasteiger partial charge < -0.3 is 10.4 Å². The van der Waals surface area contributed by atoms with Crippen LogP contribution in [0.15, 0.2) is 30.0 Å². The van der Waals surface area contributed by atoms with Crippen LogP contribution in [0.4, 0.5) is 0 Å². The zero-order valence-corrected chi connectivity index (χ0v) is 9.15. The van der Waals surface area contributed by atoms with E-state index in [9.17, 15) is 9.59 Å². The smallest absolute Gasteiger partial charge is 0.352 e. The molecule has 84 valence electrons. The maximum Gasteiger partial charge on any atom is 0.352 e. The molecule has 2 N–H and O–H groups in total. The van der Waals surface area contributed by atoms with Gasteiger partial charge in [0.25, 0.3) is 0 Å². The molecule has 0 fully saturated rings. The summed E-state index contributed by atoms with van der Waals surface area (Å²) in [4.78, 5) is 21.6. The van der Waals surface area contributed by atoms with E-state index in [4.69, 9.17) is 5.11 Å². The molecule has 0 heterocycles. The van der Waals surface area contributed by atoms with E-state index in [1.807, 2.05) is 25.1 Å². The summed E-state index contributed by atoms with van der Waals surface area (Å²) in [7, 11) is 0. The Morgan fingerprint density at radius 2 is 2.06 bits per heavy atom. The number of hydrogen-bond donors (Lipinski definition) is 2. The lowest BCUT2D eigenvalue weighted by molar-refractivity contribution is -0.134. The van der Waals surface area contributed by atoms with Crippen molar-refractivity contribution >= 4 is 18.0 Å². The van der Waals surface area contributed by atoms with Gasteiger partial charge in [0.2, 0.25) is 5.91 Å². The SMILES string of the molecule is CC(=O)NC(=Cc1cccc(C)c1)C(=O)O. The topological polar surface area (TPSA) is 66.4 Å². The standard InChI is InChI=1S/C12H13NO3/c1-8-4-3-5-10(6-8)7-11(12(15)16)13-9(2)14/h3-7H,1-2H3,(H,13,14)(H,15,16). The van der Waals surface area contributed by atoms with Crippen molar-refractivity contribution in [2.45, 2.75) is 13.8 Å². The lowest BCUT2D eigenvalue weighted by Crippen LogP contribution is -2.24. The average Bonchev–Trinajstić information content (AvgIpc) is 2.15. The third-order valence-corrected chi connectivity index (χ3v) is 1.89. The molecule has 0 spiro atoms. The predicted molar refractivity (Wildman–Crippen MR) is 60.6 cm³/mol. The summed E-state index contributed by atoms with van der Waals surface area (Å²) in [5.74, 6) is -1.56. The first kappa shape index (κ1) is 12.0. The second-order valence-corrected chi connectivity index (χ2v) is 3.46. The quantitative estimate of drug-likeness (QED) is 0.758. The predicted octanol–water partition coefficient (Wildman–Crippen LogP) is 1.56. The van der Waals surface area contributed by atoms with Crippen LogP contribution < -0.4 is 5.32 Å². The van der Waals surface area contributed by atoms with Gasteiger partial charge in [0.15, 0.2) is 0 Å². The number of nitrogens with one attached hydrogen (secondary N) is 1. The maximum absolute atomic E-state index is 10.8. The molecular formula is C12H13NO3. The lowest BCUT2D eigenvalue weighted by atomic mass is 10.1. The van der Waals surface area contributed by atoms with Crippen LogP contribution in [0.3, 0.4) is 0 Å². The second kappa shape index (κ2) is 5.11. The monoisotopic (exact) mass is 219 g/mol. The van der Waals surface area contributed by atoms with Crippen molar-refractivity contribution < 1.29 is 14.7 Å². The van der Waals surface area contributed by atoms with E-state index in [0.29, 0.717) is 0 Å². The van der Waals surface area contributed by atoms with Gasteiger partial charge >= 0.3 is 5.97 Å². The lowest BCUT2D eigenvalue weighted by Gasteiger charge is -2.03. The van der Waals surface area contributed by atoms with Crippen molar-refractivity contribution in [1.29, 1.82) is 0 Å². The highest BCUT2D eigenvalue weighted by Gasteiger charge is 2.08. The Balaban J connectivity index is 3.02. The molecule has 0 aliphatic carbocycles. The van der Waals surface area contributed by atoms with E-state index in [1.54, 1.807) is 6.07 Å². The molecule has 0 unspecified atom stereocenters. The number of aryl methyl sites for hydroxylation is 1. The van der Waals surface area contributed by atoms with E-state index in [-0.39, 0.29) is 5.70 Å². The van der Waals surface area contributed by atoms with Crippen LogP contribution in [0.25, 0.3) is 6.08 Å². The number of benzene rings is 1. The van der Waals surface area contributed by atoms with Crippen molar-refractivity contribution in [3.63, 3.8) is 0 Å². The minimum atomic E-state index is -1.16. The van der Waals surface area contributed by atoms with E-state index >= 15 is 0 Å². The summed E-state index contributed by atoms with van der Waals surface area (Å²) in [6.45, 7) is 3.18. The average molecular weight is 219 g/mol. The molecule has 0 aliphatic heterocycles. The van der Waals surface area contributed by atoms with E-state index in [0.717, 1.165) is 11.1 Å². The Morgan fingerprint density at radius 1 is 1.38 bits per heavy atom. The molecule has 1 aromatic carbocycles. The maximum atomic E-state index is 10.8. The van der Waals surface area contributed by atoms with Crippen LogP contribution in [0.2, 0.25) is 0 Å². The van der Waals surface area contributed by atoms with Gasteiger partial charge in [-0.2, -0.15) is 0 Å². The number of amides is 1. The number of carbonyl (C=O) groups is 2. The first-order valence-electron chi connectivity index (χ1n) is 4.78. The Morgan fingerprint density at radius 3 is 2.56 bits per heavy atom. The van der Waals surface area contributed by atoms with Crippen molar-refractivity contribution in [3.8, 4) is 0 Å². The normalized spacial score (nSPS) is 11.0. The van der Waals surface area contributed by atoms with Crippen LogP contribution in [-0.2, 0) is 9.59 Å². The molecule has 1 amide bonds. The molecule has 0 bridgehead atoms. The van der Waals surface area contributed by atoms with Gasteiger partial charge in [0.1, 0.15) is 5.70 Å². The summed E-state index contributed by atoms with van der Waals surface area (Å²) < 4.78 is 0. The van der Waals surface area contributed by atoms with Gasteiger partial charge in [0.05, 0.1) is 0 Å². The van der Waals surface area contributed by atoms with Crippen molar-refractivity contribution in [1.82, 2.24) is 5.32 Å². The Kier molecular flexibility index (Phi) is 3.83. The van der Waals surface area contributed by atoms with Crippen molar-refractivity contribution in [2.24, 2.45) is 0 Å². The summed E-state index contributed by atoms with van der Waals surface area (Å²) >= 11 is 0. The fraction of sp³-hybridized carbons (Fsp3) is 0.167. The number of carboxylic acids is 1. The minimum absolute atomic E-state index is 0.127. The van der Waals surface area contributed by atoms with Gasteiger partial charge in [-0.25, -0.2) is 4.79 Å². The van der Waals surface area contributed by atoms with Crippen LogP contribution in [0.1, 0.15) is 18.1 Å². The van der Waals surface area contributed by atoms with E-state index < -0.39 is 11.9 Å². The van der Waals surface area contributed by atoms with Crippen LogP contribution in [-0.4, -0.2) is 17.0 Å². The molecular weight excluding hydrogens is 206 g/mol. The van der Waals surface area contributed by atoms with Gasteiger partial charge in [0, 0.05) is 6.92 Å². The van der Waals surface area contributed by atoms with E-state index in [1.165, 1.54) is 13.0 Å². The molecule has 0 saturated carbocycles. The Bertz CT molecular complexity index is 449. The summed E-state index contributed by atoms with van der Waals surface area (Å²) in [5, 5.41) is 11.1. The molecule has 0 aromatic heterocycles. The molecule has 0 aliphatic rings. The number of carboxylic acid groups (broad SMARTS) is 1. The summed E-state index contributed by atoms with van der Waals surface area (Å²) in [5.41, 5.74) is 1.64. The summed E-state index contributed by atoms with van der Waals surface area (Å²) in [6.07, 6.45) is 1.43. The highest BCUT2D eigenvalue weighted by atomic mass is 16.4. The van der Waals surface area contributed by atoms with Crippen molar-refractivity contribution in [2.75, 3.05) is 0 Å². The fourth-order valence-corrected chi connectivity index (χ4v) is 1.27. The molecule has 16 heavy (non-hydrogen) atoms.